The number of carbonyl (C=O) groups excluding carboxylic acids is 1. The molecule has 0 rings (SSSR count). The maximum Gasteiger partial charge on any atom is 0.305 e. The zero-order valence-electron chi connectivity index (χ0n) is 9.47. The van der Waals surface area contributed by atoms with Crippen LogP contribution in [0, 0.1) is 62.6 Å². The quantitative estimate of drug-likeness (QED) is 0.660. The molecule has 0 aliphatic carbocycles. The van der Waals surface area contributed by atoms with Crippen molar-refractivity contribution in [3.8, 4) is 24.3 Å². The molecule has 0 aliphatic rings. The predicted octanol–water partition coefficient (Wildman–Crippen LogP) is 0.883. The maximum atomic E-state index is 11.1. The van der Waals surface area contributed by atoms with Crippen molar-refractivity contribution < 1.29 is 9.53 Å². The monoisotopic (exact) mass is 230 g/mol. The van der Waals surface area contributed by atoms with Crippen LogP contribution in [0.1, 0.15) is 13.3 Å². The van der Waals surface area contributed by atoms with Crippen LogP contribution in [0.15, 0.2) is 0 Å². The Morgan fingerprint density at radius 2 is 1.71 bits per heavy atom. The number of ether oxygens (including phenoxy) is 1. The van der Waals surface area contributed by atoms with Gasteiger partial charge in [-0.3, -0.25) is 4.79 Å². The van der Waals surface area contributed by atoms with Gasteiger partial charge in [0, 0.05) is 5.92 Å². The summed E-state index contributed by atoms with van der Waals surface area (Å²) in [6, 6.07) is 6.58. The van der Waals surface area contributed by atoms with Crippen LogP contribution >= 0.6 is 0 Å². The molecule has 6 heteroatoms. The number of nitrogens with zero attached hydrogens (tertiary/aromatic N) is 4. The Bertz CT molecular complexity index is 430. The van der Waals surface area contributed by atoms with E-state index in [2.05, 4.69) is 4.74 Å². The molecular weight excluding hydrogens is 220 g/mol. The normalized spacial score (nSPS) is 11.5. The third-order valence-corrected chi connectivity index (χ3v) is 2.56. The van der Waals surface area contributed by atoms with Gasteiger partial charge in [-0.25, -0.2) is 0 Å². The van der Waals surface area contributed by atoms with Crippen molar-refractivity contribution in [3.63, 3.8) is 0 Å². The van der Waals surface area contributed by atoms with Crippen molar-refractivity contribution in [1.29, 1.82) is 21.0 Å². The Balaban J connectivity index is 5.34. The van der Waals surface area contributed by atoms with Crippen LogP contribution in [0.3, 0.4) is 0 Å². The van der Waals surface area contributed by atoms with Crippen molar-refractivity contribution in [1.82, 2.24) is 0 Å². The van der Waals surface area contributed by atoms with Gasteiger partial charge >= 0.3 is 5.97 Å². The van der Waals surface area contributed by atoms with E-state index in [1.54, 1.807) is 24.3 Å². The summed E-state index contributed by atoms with van der Waals surface area (Å²) >= 11 is 0. The largest absolute Gasteiger partial charge is 0.469 e. The van der Waals surface area contributed by atoms with E-state index in [1.165, 1.54) is 14.0 Å². The fourth-order valence-electron chi connectivity index (χ4n) is 1.39. The van der Waals surface area contributed by atoms with Crippen LogP contribution < -0.4 is 0 Å². The molecule has 0 N–H and O–H groups in total. The van der Waals surface area contributed by atoms with Gasteiger partial charge in [0.05, 0.1) is 37.8 Å². The Morgan fingerprint density at radius 3 is 2.00 bits per heavy atom. The first kappa shape index (κ1) is 14.4. The van der Waals surface area contributed by atoms with Crippen LogP contribution in [0.25, 0.3) is 0 Å². The van der Waals surface area contributed by atoms with Crippen molar-refractivity contribution in [3.05, 3.63) is 0 Å². The second-order valence-corrected chi connectivity index (χ2v) is 3.47. The molecule has 0 radical (unpaired) electrons. The minimum atomic E-state index is -1.82. The Labute approximate surface area is 99.2 Å². The molecule has 0 amide bonds. The lowest BCUT2D eigenvalue weighted by Crippen LogP contribution is -2.34. The third kappa shape index (κ3) is 2.71. The van der Waals surface area contributed by atoms with E-state index in [0.29, 0.717) is 0 Å². The molecule has 0 aromatic rings. The molecule has 0 heterocycles. The van der Waals surface area contributed by atoms with E-state index in [0.717, 1.165) is 0 Å². The van der Waals surface area contributed by atoms with E-state index in [1.807, 2.05) is 0 Å². The molecule has 1 atom stereocenters. The molecule has 0 aromatic heterocycles. The summed E-state index contributed by atoms with van der Waals surface area (Å²) < 4.78 is 4.43. The van der Waals surface area contributed by atoms with E-state index in [9.17, 15) is 4.79 Å². The van der Waals surface area contributed by atoms with Gasteiger partial charge in [-0.1, -0.05) is 6.92 Å². The highest BCUT2D eigenvalue weighted by Gasteiger charge is 2.46. The molecule has 0 aliphatic heterocycles. The second-order valence-electron chi connectivity index (χ2n) is 3.47. The van der Waals surface area contributed by atoms with Crippen molar-refractivity contribution in [2.24, 2.45) is 17.3 Å². The number of esters is 1. The highest BCUT2D eigenvalue weighted by atomic mass is 16.5. The molecule has 17 heavy (non-hydrogen) atoms. The van der Waals surface area contributed by atoms with Crippen LogP contribution in [0.5, 0.6) is 0 Å². The number of rotatable bonds is 4. The molecule has 0 saturated heterocycles. The molecule has 0 bridgehead atoms. The van der Waals surface area contributed by atoms with Gasteiger partial charge in [-0.2, -0.15) is 21.0 Å². The molecule has 0 fully saturated rings. The van der Waals surface area contributed by atoms with E-state index < -0.39 is 23.2 Å². The number of carbonyl (C=O) groups is 1. The van der Waals surface area contributed by atoms with E-state index in [4.69, 9.17) is 21.0 Å². The zero-order valence-corrected chi connectivity index (χ0v) is 9.47. The van der Waals surface area contributed by atoms with Crippen molar-refractivity contribution >= 4 is 5.97 Å². The second kappa shape index (κ2) is 6.11. The van der Waals surface area contributed by atoms with Gasteiger partial charge in [-0.15, -0.1) is 0 Å². The highest BCUT2D eigenvalue weighted by Crippen LogP contribution is 2.36. The zero-order chi connectivity index (χ0) is 13.5. The number of hydrogen-bond donors (Lipinski definition) is 0. The first-order valence-corrected chi connectivity index (χ1v) is 4.70. The Hall–Kier alpha value is -2.57. The van der Waals surface area contributed by atoms with Gasteiger partial charge in [0.25, 0.3) is 0 Å². The Kier molecular flexibility index (Phi) is 5.19. The van der Waals surface area contributed by atoms with Crippen LogP contribution in [-0.4, -0.2) is 13.1 Å². The van der Waals surface area contributed by atoms with Gasteiger partial charge in [0.1, 0.15) is 0 Å². The van der Waals surface area contributed by atoms with Gasteiger partial charge < -0.3 is 4.74 Å². The summed E-state index contributed by atoms with van der Waals surface area (Å²) in [6.07, 6.45) is -0.197. The number of hydrogen-bond acceptors (Lipinski definition) is 6. The average Bonchev–Trinajstić information content (AvgIpc) is 2.35. The summed E-state index contributed by atoms with van der Waals surface area (Å²) in [5.41, 5.74) is -1.82. The van der Waals surface area contributed by atoms with E-state index >= 15 is 0 Å². The average molecular weight is 230 g/mol. The smallest absolute Gasteiger partial charge is 0.305 e. The lowest BCUT2D eigenvalue weighted by atomic mass is 9.69. The predicted molar refractivity (Wildman–Crippen MR) is 54.2 cm³/mol. The summed E-state index contributed by atoms with van der Waals surface area (Å²) in [4.78, 5) is 11.1. The lowest BCUT2D eigenvalue weighted by Gasteiger charge is -2.25. The number of methoxy groups -OCH3 is 1. The van der Waals surface area contributed by atoms with Gasteiger partial charge in [0.15, 0.2) is 11.3 Å². The minimum Gasteiger partial charge on any atom is -0.469 e. The molecule has 0 aromatic carbocycles. The summed E-state index contributed by atoms with van der Waals surface area (Å²) in [6.45, 7) is 1.46. The molecular formula is C11H10N4O2. The summed E-state index contributed by atoms with van der Waals surface area (Å²) in [5, 5.41) is 35.6. The first-order valence-electron chi connectivity index (χ1n) is 4.70. The molecule has 86 valence electrons. The number of nitriles is 4. The van der Waals surface area contributed by atoms with Crippen LogP contribution in [0.4, 0.5) is 0 Å². The van der Waals surface area contributed by atoms with Crippen LogP contribution in [-0.2, 0) is 9.53 Å². The molecule has 6 nitrogen and oxygen atoms in total. The van der Waals surface area contributed by atoms with Crippen LogP contribution in [0.2, 0.25) is 0 Å². The fourth-order valence-corrected chi connectivity index (χ4v) is 1.39. The van der Waals surface area contributed by atoms with E-state index in [-0.39, 0.29) is 6.42 Å². The van der Waals surface area contributed by atoms with Crippen molar-refractivity contribution in [2.45, 2.75) is 13.3 Å². The van der Waals surface area contributed by atoms with Gasteiger partial charge in [0.2, 0.25) is 0 Å². The summed E-state index contributed by atoms with van der Waals surface area (Å²) in [5.74, 6) is -2.77. The molecule has 0 spiro atoms. The maximum absolute atomic E-state index is 11.1. The standard InChI is InChI=1S/C11H10N4O2/c1-8(3-10(16)17-2)11(6-14,7-15)9(4-12)5-13/h8-9H,3H2,1-2H3. The SMILES string of the molecule is COC(=O)CC(C)C(C#N)(C#N)C(C#N)C#N. The van der Waals surface area contributed by atoms with Crippen molar-refractivity contribution in [2.75, 3.05) is 7.11 Å². The highest BCUT2D eigenvalue weighted by molar-refractivity contribution is 5.69. The van der Waals surface area contributed by atoms with Gasteiger partial charge in [-0.05, 0) is 0 Å². The fraction of sp³-hybridized carbons (Fsp3) is 0.545. The molecule has 1 unspecified atom stereocenters. The first-order chi connectivity index (χ1) is 8.02. The topological polar surface area (TPSA) is 121 Å². The minimum absolute atomic E-state index is 0.197. The lowest BCUT2D eigenvalue weighted by molar-refractivity contribution is -0.142. The molecule has 0 saturated carbocycles. The third-order valence-electron chi connectivity index (χ3n) is 2.56. The Morgan fingerprint density at radius 1 is 1.24 bits per heavy atom. The summed E-state index contributed by atoms with van der Waals surface area (Å²) in [7, 11) is 1.18.